The van der Waals surface area contributed by atoms with Crippen molar-refractivity contribution in [1.82, 2.24) is 0 Å². The van der Waals surface area contributed by atoms with E-state index in [1.807, 2.05) is 0 Å². The molecule has 4 atom stereocenters. The molecule has 4 unspecified atom stereocenters. The summed E-state index contributed by atoms with van der Waals surface area (Å²) in [5.41, 5.74) is 28.8. The van der Waals surface area contributed by atoms with E-state index in [4.69, 9.17) is 0 Å². The van der Waals surface area contributed by atoms with Crippen molar-refractivity contribution in [2.24, 2.45) is 0 Å². The molecule has 14 rings (SSSR count). The lowest BCUT2D eigenvalue weighted by Crippen LogP contribution is -2.62. The van der Waals surface area contributed by atoms with E-state index in [0.29, 0.717) is 0 Å². The average Bonchev–Trinajstić information content (AvgIpc) is 1.28. The Hall–Kier alpha value is -6.98. The third-order valence-corrected chi connectivity index (χ3v) is 22.9. The monoisotopic (exact) mass is 1130 g/mol. The van der Waals surface area contributed by atoms with Crippen LogP contribution in [0.25, 0.3) is 11.1 Å². The number of anilines is 10. The van der Waals surface area contributed by atoms with Gasteiger partial charge in [-0.15, -0.1) is 0 Å². The zero-order valence-electron chi connectivity index (χ0n) is 55.0. The molecule has 6 aliphatic rings. The van der Waals surface area contributed by atoms with Crippen LogP contribution in [0.1, 0.15) is 201 Å². The van der Waals surface area contributed by atoms with Gasteiger partial charge in [-0.1, -0.05) is 201 Å². The molecule has 86 heavy (non-hydrogen) atoms. The van der Waals surface area contributed by atoms with E-state index < -0.39 is 0 Å². The summed E-state index contributed by atoms with van der Waals surface area (Å²) in [6.45, 7) is 40.9. The van der Waals surface area contributed by atoms with Crippen molar-refractivity contribution in [3.05, 3.63) is 197 Å². The predicted molar refractivity (Wildman–Crippen MR) is 371 cm³/mol. The van der Waals surface area contributed by atoms with E-state index in [1.165, 1.54) is 155 Å². The largest absolute Gasteiger partial charge is 0.334 e. The van der Waals surface area contributed by atoms with Gasteiger partial charge >= 0.3 is 0 Å². The number of nitrogens with zero attached hydrogens (tertiary/aromatic N) is 4. The van der Waals surface area contributed by atoms with Gasteiger partial charge in [0, 0.05) is 67.7 Å². The van der Waals surface area contributed by atoms with Crippen LogP contribution in [0.15, 0.2) is 158 Å². The summed E-state index contributed by atoms with van der Waals surface area (Å²) in [4.78, 5) is 11.0. The summed E-state index contributed by atoms with van der Waals surface area (Å²) in [6, 6.07) is 63.7. The van der Waals surface area contributed by atoms with Crippen molar-refractivity contribution >= 4 is 80.0 Å². The molecule has 2 saturated carbocycles. The second-order valence-electron chi connectivity index (χ2n) is 32.2. The first-order valence-corrected chi connectivity index (χ1v) is 32.8. The highest BCUT2D eigenvalue weighted by Gasteiger charge is 2.60. The van der Waals surface area contributed by atoms with Gasteiger partial charge in [-0.3, -0.25) is 0 Å². The van der Waals surface area contributed by atoms with Crippen LogP contribution in [-0.4, -0.2) is 17.8 Å². The van der Waals surface area contributed by atoms with E-state index >= 15 is 0 Å². The Morgan fingerprint density at radius 2 is 0.767 bits per heavy atom. The first-order valence-electron chi connectivity index (χ1n) is 32.8. The zero-order valence-corrected chi connectivity index (χ0v) is 55.0. The molecule has 8 aromatic carbocycles. The van der Waals surface area contributed by atoms with Crippen LogP contribution in [0.2, 0.25) is 0 Å². The molecule has 4 heterocycles. The van der Waals surface area contributed by atoms with Crippen molar-refractivity contribution in [3.63, 3.8) is 0 Å². The minimum Gasteiger partial charge on any atom is -0.334 e. The van der Waals surface area contributed by atoms with E-state index in [9.17, 15) is 0 Å². The topological polar surface area (TPSA) is 13.0 Å². The number of hydrogen-bond acceptors (Lipinski definition) is 4. The third kappa shape index (κ3) is 8.27. The van der Waals surface area contributed by atoms with Gasteiger partial charge in [0.2, 0.25) is 0 Å². The molecule has 4 aliphatic heterocycles. The van der Waals surface area contributed by atoms with Crippen molar-refractivity contribution < 1.29 is 0 Å². The first-order chi connectivity index (χ1) is 40.5. The molecular weight excluding hydrogens is 1040 g/mol. The van der Waals surface area contributed by atoms with Gasteiger partial charge in [-0.2, -0.15) is 0 Å². The van der Waals surface area contributed by atoms with Crippen LogP contribution in [0.4, 0.5) is 56.9 Å². The van der Waals surface area contributed by atoms with Gasteiger partial charge in [-0.05, 0) is 213 Å². The lowest BCUT2D eigenvalue weighted by Gasteiger charge is -2.51. The van der Waals surface area contributed by atoms with Crippen LogP contribution < -0.4 is 36.0 Å². The van der Waals surface area contributed by atoms with Gasteiger partial charge in [0.25, 0.3) is 6.71 Å². The van der Waals surface area contributed by atoms with Crippen molar-refractivity contribution in [1.29, 1.82) is 0 Å². The lowest BCUT2D eigenvalue weighted by molar-refractivity contribution is 0.195. The van der Waals surface area contributed by atoms with E-state index in [0.717, 1.165) is 19.3 Å². The van der Waals surface area contributed by atoms with E-state index in [2.05, 4.69) is 295 Å². The summed E-state index contributed by atoms with van der Waals surface area (Å²) in [7, 11) is 0. The SMILES string of the molecule is Cc1ccccc1-c1ccc2c(c1)C1(C)CCCCC1(C)N2c1cc2c3c(c1)N(c1ccc(C(C)(C)C)cc1)c1ccc(C(C)(C)C)cc1B3c1cc(N3c4ccc(C(C)(C)C)cc4C4(C)CCCCC34C)ccc1N2c1ccc(C(C)(C)C)cc1. The van der Waals surface area contributed by atoms with Crippen LogP contribution in [0.5, 0.6) is 0 Å². The molecular formula is C81H93BN4. The van der Waals surface area contributed by atoms with E-state index in [1.54, 1.807) is 0 Å². The number of rotatable bonds is 5. The van der Waals surface area contributed by atoms with Crippen molar-refractivity contribution in [2.45, 2.75) is 213 Å². The summed E-state index contributed by atoms with van der Waals surface area (Å²) in [5.74, 6) is 0. The molecule has 0 bridgehead atoms. The Kier molecular flexibility index (Phi) is 12.6. The molecule has 5 heteroatoms. The highest BCUT2D eigenvalue weighted by atomic mass is 15.3. The number of fused-ring (bicyclic) bond motifs is 10. The van der Waals surface area contributed by atoms with Crippen LogP contribution >= 0.6 is 0 Å². The standard InChI is InChI=1S/C81H93BN4/c1-52-24-18-19-25-62(52)53-26-38-67-63(46-53)78(14)42-20-23-45-81(78,17)86(67)61-50-71-73-72(51-61)84(59-35-29-55(30-36-59)75(5,6)7)70-41-37-60(85-68-39-31-56(76(8,9)10)47-64(68)79(15)43-21-22-44-80(79,85)16)49-66(70)82(73)65-48-57(77(11,12)13)32-40-69(65)83(71)58-33-27-54(28-34-58)74(2,3)4/h18-19,24-41,46-51H,20-23,42-45H2,1-17H3. The maximum Gasteiger partial charge on any atom is 0.252 e. The highest BCUT2D eigenvalue weighted by molar-refractivity contribution is 7.00. The molecule has 2 fully saturated rings. The van der Waals surface area contributed by atoms with Crippen molar-refractivity contribution in [3.8, 4) is 11.1 Å². The fourth-order valence-electron chi connectivity index (χ4n) is 17.3. The fraction of sp³-hybridized carbons (Fsp3) is 0.407. The van der Waals surface area contributed by atoms with Gasteiger partial charge in [-0.25, -0.2) is 0 Å². The quantitative estimate of drug-likeness (QED) is 0.159. The first kappa shape index (κ1) is 56.8. The summed E-state index contributed by atoms with van der Waals surface area (Å²) in [6.07, 6.45) is 9.53. The number of aryl methyl sites for hydroxylation is 1. The van der Waals surface area contributed by atoms with Gasteiger partial charge in [0.05, 0.1) is 11.1 Å². The van der Waals surface area contributed by atoms with Crippen LogP contribution in [0, 0.1) is 6.92 Å². The van der Waals surface area contributed by atoms with Crippen LogP contribution in [0.3, 0.4) is 0 Å². The van der Waals surface area contributed by atoms with Crippen molar-refractivity contribution in [2.75, 3.05) is 19.6 Å². The molecule has 4 nitrogen and oxygen atoms in total. The molecule has 0 amide bonds. The van der Waals surface area contributed by atoms with Gasteiger partial charge in [0.1, 0.15) is 0 Å². The maximum absolute atomic E-state index is 2.84. The van der Waals surface area contributed by atoms with Gasteiger partial charge in [0.15, 0.2) is 0 Å². The summed E-state index contributed by atoms with van der Waals surface area (Å²) in [5, 5.41) is 0. The van der Waals surface area contributed by atoms with E-state index in [-0.39, 0.29) is 50.3 Å². The Morgan fingerprint density at radius 1 is 0.360 bits per heavy atom. The second-order valence-corrected chi connectivity index (χ2v) is 32.2. The third-order valence-electron chi connectivity index (χ3n) is 22.9. The second kappa shape index (κ2) is 19.0. The average molecular weight is 1130 g/mol. The molecule has 0 aromatic heterocycles. The predicted octanol–water partition coefficient (Wildman–Crippen LogP) is 20.4. The summed E-state index contributed by atoms with van der Waals surface area (Å²) < 4.78 is 0. The maximum atomic E-state index is 2.84. The molecule has 2 aliphatic carbocycles. The fourth-order valence-corrected chi connectivity index (χ4v) is 17.3. The normalized spacial score (nSPS) is 23.1. The van der Waals surface area contributed by atoms with Crippen LogP contribution in [-0.2, 0) is 32.5 Å². The number of benzene rings is 8. The smallest absolute Gasteiger partial charge is 0.252 e. The Labute approximate surface area is 517 Å². The molecule has 0 saturated heterocycles. The molecule has 440 valence electrons. The molecule has 0 radical (unpaired) electrons. The Balaban J connectivity index is 1.08. The molecule has 8 aromatic rings. The molecule has 0 N–H and O–H groups in total. The Morgan fingerprint density at radius 3 is 1.28 bits per heavy atom. The van der Waals surface area contributed by atoms with Gasteiger partial charge < -0.3 is 19.6 Å². The zero-order chi connectivity index (χ0) is 60.6. The summed E-state index contributed by atoms with van der Waals surface area (Å²) >= 11 is 0. The highest BCUT2D eigenvalue weighted by Crippen LogP contribution is 2.64. The number of hydrogen-bond donors (Lipinski definition) is 0. The molecule has 0 spiro atoms. The minimum absolute atomic E-state index is 0.00185. The minimum atomic E-state index is -0.185. The Bertz CT molecular complexity index is 4030. The lowest BCUT2D eigenvalue weighted by atomic mass is 9.33.